The molecule has 0 spiro atoms. The zero-order valence-electron chi connectivity index (χ0n) is 14.7. The monoisotopic (exact) mass is 339 g/mol. The Balaban J connectivity index is 1.42. The van der Waals surface area contributed by atoms with Crippen LogP contribution in [0.3, 0.4) is 0 Å². The summed E-state index contributed by atoms with van der Waals surface area (Å²) in [6.07, 6.45) is 2.87. The molecule has 0 radical (unpaired) electrons. The zero-order chi connectivity index (χ0) is 17.2. The van der Waals surface area contributed by atoms with Crippen molar-refractivity contribution in [1.82, 2.24) is 24.9 Å². The number of piperazine rings is 1. The van der Waals surface area contributed by atoms with Gasteiger partial charge in [0.2, 0.25) is 0 Å². The molecule has 1 aromatic carbocycles. The van der Waals surface area contributed by atoms with Gasteiger partial charge in [-0.1, -0.05) is 0 Å². The van der Waals surface area contributed by atoms with Crippen molar-refractivity contribution in [3.05, 3.63) is 47.8 Å². The lowest BCUT2D eigenvalue weighted by atomic mass is 10.2. The van der Waals surface area contributed by atoms with Crippen LogP contribution in [-0.4, -0.2) is 70.8 Å². The molecular formula is C19H25N5O. The van der Waals surface area contributed by atoms with Crippen molar-refractivity contribution in [3.63, 3.8) is 0 Å². The molecule has 1 unspecified atom stereocenters. The molecule has 0 saturated carbocycles. The lowest BCUT2D eigenvalue weighted by Gasteiger charge is -2.32. The first kappa shape index (κ1) is 16.3. The number of likely N-dealkylation sites (tertiary alicyclic amines) is 1. The Morgan fingerprint density at radius 2 is 1.88 bits per heavy atom. The maximum Gasteiger partial charge on any atom is 0.253 e. The summed E-state index contributed by atoms with van der Waals surface area (Å²) >= 11 is 0. The highest BCUT2D eigenvalue weighted by Gasteiger charge is 2.31. The lowest BCUT2D eigenvalue weighted by molar-refractivity contribution is 0.0773. The Morgan fingerprint density at radius 1 is 1.12 bits per heavy atom. The van der Waals surface area contributed by atoms with E-state index in [1.54, 1.807) is 6.20 Å². The summed E-state index contributed by atoms with van der Waals surface area (Å²) in [5.74, 6) is 0.140. The number of aryl methyl sites for hydroxylation is 1. The highest BCUT2D eigenvalue weighted by Crippen LogP contribution is 2.19. The first-order chi connectivity index (χ1) is 12.2. The van der Waals surface area contributed by atoms with Crippen LogP contribution >= 0.6 is 0 Å². The molecule has 25 heavy (non-hydrogen) atoms. The Hall–Kier alpha value is -2.18. The molecule has 132 valence electrons. The molecule has 6 nitrogen and oxygen atoms in total. The van der Waals surface area contributed by atoms with Crippen molar-refractivity contribution in [1.29, 1.82) is 0 Å². The maximum atomic E-state index is 12.8. The number of nitrogens with one attached hydrogen (secondary N) is 1. The minimum Gasteiger partial charge on any atom is -0.337 e. The smallest absolute Gasteiger partial charge is 0.253 e. The molecule has 4 rings (SSSR count). The Kier molecular flexibility index (Phi) is 4.55. The average molecular weight is 339 g/mol. The molecule has 0 bridgehead atoms. The molecule has 0 aliphatic carbocycles. The number of amides is 1. The normalized spacial score (nSPS) is 21.6. The van der Waals surface area contributed by atoms with Gasteiger partial charge in [-0.2, -0.15) is 5.10 Å². The zero-order valence-corrected chi connectivity index (χ0v) is 14.7. The molecular weight excluding hydrogens is 314 g/mol. The second kappa shape index (κ2) is 6.98. The van der Waals surface area contributed by atoms with E-state index in [1.807, 2.05) is 46.8 Å². The molecule has 1 atom stereocenters. The van der Waals surface area contributed by atoms with E-state index < -0.39 is 0 Å². The molecule has 1 N–H and O–H groups in total. The third kappa shape index (κ3) is 3.32. The summed E-state index contributed by atoms with van der Waals surface area (Å²) in [5.41, 5.74) is 2.83. The van der Waals surface area contributed by atoms with Gasteiger partial charge in [0.25, 0.3) is 5.91 Å². The fourth-order valence-electron chi connectivity index (χ4n) is 3.84. The minimum absolute atomic E-state index is 0.140. The number of hydrogen-bond donors (Lipinski definition) is 1. The molecule has 2 aliphatic rings. The van der Waals surface area contributed by atoms with Crippen molar-refractivity contribution in [2.75, 3.05) is 39.3 Å². The number of rotatable bonds is 3. The number of aromatic nitrogens is 2. The van der Waals surface area contributed by atoms with Crippen LogP contribution in [0.15, 0.2) is 36.5 Å². The summed E-state index contributed by atoms with van der Waals surface area (Å²) in [6.45, 7) is 8.01. The Morgan fingerprint density at radius 3 is 2.56 bits per heavy atom. The van der Waals surface area contributed by atoms with Crippen LogP contribution in [0.5, 0.6) is 0 Å². The highest BCUT2D eigenvalue weighted by molar-refractivity contribution is 5.94. The Labute approximate surface area is 148 Å². The average Bonchev–Trinajstić information content (AvgIpc) is 3.31. The van der Waals surface area contributed by atoms with Gasteiger partial charge in [-0.3, -0.25) is 9.69 Å². The van der Waals surface area contributed by atoms with Crippen LogP contribution in [0.25, 0.3) is 5.69 Å². The third-order valence-corrected chi connectivity index (χ3v) is 5.31. The molecule has 2 saturated heterocycles. The summed E-state index contributed by atoms with van der Waals surface area (Å²) < 4.78 is 1.88. The molecule has 1 aromatic heterocycles. The molecule has 2 aromatic rings. The van der Waals surface area contributed by atoms with E-state index in [-0.39, 0.29) is 5.91 Å². The molecule has 1 amide bonds. The summed E-state index contributed by atoms with van der Waals surface area (Å²) in [5, 5.41) is 7.70. The van der Waals surface area contributed by atoms with E-state index in [1.165, 1.54) is 0 Å². The summed E-state index contributed by atoms with van der Waals surface area (Å²) in [4.78, 5) is 17.3. The van der Waals surface area contributed by atoms with E-state index in [4.69, 9.17) is 0 Å². The third-order valence-electron chi connectivity index (χ3n) is 5.31. The number of carbonyl (C=O) groups is 1. The van der Waals surface area contributed by atoms with Crippen LogP contribution in [-0.2, 0) is 0 Å². The van der Waals surface area contributed by atoms with Crippen molar-refractivity contribution < 1.29 is 4.79 Å². The van der Waals surface area contributed by atoms with Gasteiger partial charge in [-0.15, -0.1) is 0 Å². The van der Waals surface area contributed by atoms with Gasteiger partial charge >= 0.3 is 0 Å². The Bertz CT molecular complexity index is 733. The van der Waals surface area contributed by atoms with E-state index in [0.29, 0.717) is 6.04 Å². The highest BCUT2D eigenvalue weighted by atomic mass is 16.2. The van der Waals surface area contributed by atoms with Crippen molar-refractivity contribution in [3.8, 4) is 5.69 Å². The van der Waals surface area contributed by atoms with Crippen LogP contribution < -0.4 is 5.32 Å². The summed E-state index contributed by atoms with van der Waals surface area (Å²) in [7, 11) is 0. The second-order valence-corrected chi connectivity index (χ2v) is 6.91. The predicted molar refractivity (Wildman–Crippen MR) is 97.1 cm³/mol. The quantitative estimate of drug-likeness (QED) is 0.916. The van der Waals surface area contributed by atoms with E-state index >= 15 is 0 Å². The fourth-order valence-corrected chi connectivity index (χ4v) is 3.84. The van der Waals surface area contributed by atoms with Gasteiger partial charge < -0.3 is 10.2 Å². The van der Waals surface area contributed by atoms with Crippen molar-refractivity contribution in [2.24, 2.45) is 0 Å². The predicted octanol–water partition coefficient (Wildman–Crippen LogP) is 1.30. The van der Waals surface area contributed by atoms with E-state index in [2.05, 4.69) is 15.3 Å². The van der Waals surface area contributed by atoms with Crippen molar-refractivity contribution >= 4 is 5.91 Å². The van der Waals surface area contributed by atoms with Gasteiger partial charge in [-0.25, -0.2) is 4.68 Å². The number of carbonyl (C=O) groups excluding carboxylic acids is 1. The number of benzene rings is 1. The first-order valence-corrected chi connectivity index (χ1v) is 9.07. The van der Waals surface area contributed by atoms with E-state index in [0.717, 1.165) is 62.6 Å². The first-order valence-electron chi connectivity index (χ1n) is 9.07. The fraction of sp³-hybridized carbons (Fsp3) is 0.474. The maximum absolute atomic E-state index is 12.8. The van der Waals surface area contributed by atoms with Gasteiger partial charge in [0, 0.05) is 62.8 Å². The lowest BCUT2D eigenvalue weighted by Crippen LogP contribution is -2.49. The van der Waals surface area contributed by atoms with Crippen molar-refractivity contribution in [2.45, 2.75) is 19.4 Å². The minimum atomic E-state index is 0.140. The topological polar surface area (TPSA) is 53.4 Å². The SMILES string of the molecule is Cc1ccnn1-c1ccc(C(=O)N2CCC(N3CCNCC3)C2)cc1. The number of nitrogens with zero attached hydrogens (tertiary/aromatic N) is 4. The van der Waals surface area contributed by atoms with Gasteiger partial charge in [-0.05, 0) is 43.7 Å². The van der Waals surface area contributed by atoms with Gasteiger partial charge in [0.1, 0.15) is 0 Å². The largest absolute Gasteiger partial charge is 0.337 e. The van der Waals surface area contributed by atoms with Gasteiger partial charge in [0.05, 0.1) is 5.69 Å². The van der Waals surface area contributed by atoms with Crippen LogP contribution in [0.1, 0.15) is 22.5 Å². The van der Waals surface area contributed by atoms with Crippen LogP contribution in [0.4, 0.5) is 0 Å². The van der Waals surface area contributed by atoms with E-state index in [9.17, 15) is 4.79 Å². The standard InChI is InChI=1S/C19H25N5O/c1-15-6-8-21-24(15)17-4-2-16(3-5-17)19(25)23-11-7-18(14-23)22-12-9-20-10-13-22/h2-6,8,18,20H,7,9-14H2,1H3. The van der Waals surface area contributed by atoms with Crippen LogP contribution in [0, 0.1) is 6.92 Å². The summed E-state index contributed by atoms with van der Waals surface area (Å²) in [6, 6.07) is 10.2. The second-order valence-electron chi connectivity index (χ2n) is 6.91. The number of hydrogen-bond acceptors (Lipinski definition) is 4. The molecule has 3 heterocycles. The molecule has 6 heteroatoms. The molecule has 2 fully saturated rings. The van der Waals surface area contributed by atoms with Crippen LogP contribution in [0.2, 0.25) is 0 Å². The molecule has 2 aliphatic heterocycles. The van der Waals surface area contributed by atoms with Gasteiger partial charge in [0.15, 0.2) is 0 Å².